The van der Waals surface area contributed by atoms with Crippen LogP contribution >= 0.6 is 0 Å². The van der Waals surface area contributed by atoms with Crippen LogP contribution in [0.2, 0.25) is 0 Å². The van der Waals surface area contributed by atoms with Crippen molar-refractivity contribution in [2.24, 2.45) is 0 Å². The molecule has 0 saturated heterocycles. The summed E-state index contributed by atoms with van der Waals surface area (Å²) in [5, 5.41) is 2.90. The van der Waals surface area contributed by atoms with Gasteiger partial charge in [-0.25, -0.2) is 4.39 Å². The molecule has 0 bridgehead atoms. The Bertz CT molecular complexity index is 789. The van der Waals surface area contributed by atoms with E-state index in [1.165, 1.54) is 12.1 Å². The fourth-order valence-electron chi connectivity index (χ4n) is 3.14. The van der Waals surface area contributed by atoms with Gasteiger partial charge in [0.05, 0.1) is 6.42 Å². The van der Waals surface area contributed by atoms with E-state index in [-0.39, 0.29) is 30.6 Å². The average Bonchev–Trinajstić information content (AvgIpc) is 2.69. The van der Waals surface area contributed by atoms with E-state index in [4.69, 9.17) is 0 Å². The monoisotopic (exact) mass is 384 g/mol. The lowest BCUT2D eigenvalue weighted by Gasteiger charge is -2.31. The molecule has 28 heavy (non-hydrogen) atoms. The number of carbonyl (C=O) groups excluding carboxylic acids is 2. The van der Waals surface area contributed by atoms with Gasteiger partial charge in [-0.2, -0.15) is 0 Å². The zero-order chi connectivity index (χ0) is 20.5. The fraction of sp³-hybridized carbons (Fsp3) is 0.391. The Labute approximate surface area is 166 Å². The molecule has 0 fully saturated rings. The molecule has 150 valence electrons. The van der Waals surface area contributed by atoms with Gasteiger partial charge in [0.25, 0.3) is 0 Å². The van der Waals surface area contributed by atoms with Gasteiger partial charge in [-0.05, 0) is 48.6 Å². The lowest BCUT2D eigenvalue weighted by atomic mass is 10.0. The van der Waals surface area contributed by atoms with Crippen molar-refractivity contribution in [1.29, 1.82) is 0 Å². The van der Waals surface area contributed by atoms with Crippen LogP contribution in [0.5, 0.6) is 0 Å². The maximum atomic E-state index is 13.3. The third-order valence-electron chi connectivity index (χ3n) is 4.80. The van der Waals surface area contributed by atoms with Crippen molar-refractivity contribution in [3.8, 4) is 0 Å². The van der Waals surface area contributed by atoms with E-state index >= 15 is 0 Å². The van der Waals surface area contributed by atoms with Crippen molar-refractivity contribution in [3.63, 3.8) is 0 Å². The van der Waals surface area contributed by atoms with Crippen LogP contribution in [0.4, 0.5) is 4.39 Å². The fourth-order valence-corrected chi connectivity index (χ4v) is 3.14. The van der Waals surface area contributed by atoms with Gasteiger partial charge < -0.3 is 10.2 Å². The van der Waals surface area contributed by atoms with E-state index in [1.54, 1.807) is 17.0 Å². The van der Waals surface area contributed by atoms with E-state index in [0.29, 0.717) is 13.0 Å². The predicted octanol–water partition coefficient (Wildman–Crippen LogP) is 4.01. The number of halogens is 1. The molecule has 0 radical (unpaired) electrons. The Kier molecular flexibility index (Phi) is 8.18. The van der Waals surface area contributed by atoms with Crippen molar-refractivity contribution in [2.45, 2.75) is 52.6 Å². The molecule has 1 N–H and O–H groups in total. The molecule has 0 spiro atoms. The largest absolute Gasteiger partial charge is 0.354 e. The van der Waals surface area contributed by atoms with Gasteiger partial charge in [0, 0.05) is 13.1 Å². The topological polar surface area (TPSA) is 49.4 Å². The van der Waals surface area contributed by atoms with Gasteiger partial charge in [-0.3, -0.25) is 9.59 Å². The summed E-state index contributed by atoms with van der Waals surface area (Å²) in [5.74, 6) is -0.587. The second-order valence-corrected chi connectivity index (χ2v) is 6.97. The van der Waals surface area contributed by atoms with Gasteiger partial charge in [-0.1, -0.05) is 50.2 Å². The first-order valence-corrected chi connectivity index (χ1v) is 9.82. The summed E-state index contributed by atoms with van der Waals surface area (Å²) < 4.78 is 13.3. The maximum absolute atomic E-state index is 13.3. The van der Waals surface area contributed by atoms with Crippen molar-refractivity contribution < 1.29 is 14.0 Å². The molecule has 0 unspecified atom stereocenters. The number of rotatable bonds is 9. The standard InChI is InChI=1S/C23H29FN2O2/c1-4-14-25-23(28)21(5-2)26(16-18-10-12-20(24)13-11-18)22(27)15-19-9-7-6-8-17(19)3/h6-13,21H,4-5,14-16H2,1-3H3,(H,25,28)/t21-/m0/s1. The number of amides is 2. The summed E-state index contributed by atoms with van der Waals surface area (Å²) in [6.45, 7) is 6.70. The van der Waals surface area contributed by atoms with Crippen molar-refractivity contribution in [3.05, 3.63) is 71.0 Å². The van der Waals surface area contributed by atoms with Crippen LogP contribution in [0.25, 0.3) is 0 Å². The van der Waals surface area contributed by atoms with Gasteiger partial charge >= 0.3 is 0 Å². The number of hydrogen-bond acceptors (Lipinski definition) is 2. The molecular formula is C23H29FN2O2. The van der Waals surface area contributed by atoms with Gasteiger partial charge in [0.2, 0.25) is 11.8 Å². The van der Waals surface area contributed by atoms with Gasteiger partial charge in [-0.15, -0.1) is 0 Å². The number of benzene rings is 2. The van der Waals surface area contributed by atoms with Crippen molar-refractivity contribution in [2.75, 3.05) is 6.54 Å². The van der Waals surface area contributed by atoms with E-state index in [0.717, 1.165) is 23.1 Å². The first-order chi connectivity index (χ1) is 13.5. The number of hydrogen-bond donors (Lipinski definition) is 1. The molecule has 0 saturated carbocycles. The van der Waals surface area contributed by atoms with Crippen LogP contribution in [-0.2, 0) is 22.6 Å². The molecule has 0 aliphatic carbocycles. The minimum Gasteiger partial charge on any atom is -0.354 e. The normalized spacial score (nSPS) is 11.7. The van der Waals surface area contributed by atoms with E-state index in [2.05, 4.69) is 5.32 Å². The summed E-state index contributed by atoms with van der Waals surface area (Å²) >= 11 is 0. The Morgan fingerprint density at radius 1 is 1.07 bits per heavy atom. The lowest BCUT2D eigenvalue weighted by molar-refractivity contribution is -0.140. The molecule has 0 aliphatic rings. The minimum atomic E-state index is -0.562. The molecule has 2 amide bonds. The van der Waals surface area contributed by atoms with E-state index < -0.39 is 6.04 Å². The molecule has 0 aliphatic heterocycles. The second kappa shape index (κ2) is 10.6. The first kappa shape index (κ1) is 21.6. The Hall–Kier alpha value is -2.69. The summed E-state index contributed by atoms with van der Waals surface area (Å²) in [7, 11) is 0. The summed E-state index contributed by atoms with van der Waals surface area (Å²) in [6.07, 6.45) is 1.57. The van der Waals surface area contributed by atoms with E-state index in [1.807, 2.05) is 45.0 Å². The minimum absolute atomic E-state index is 0.114. The maximum Gasteiger partial charge on any atom is 0.242 e. The Morgan fingerprint density at radius 2 is 1.75 bits per heavy atom. The molecule has 4 nitrogen and oxygen atoms in total. The molecule has 2 rings (SSSR count). The van der Waals surface area contributed by atoms with Crippen LogP contribution in [0, 0.1) is 12.7 Å². The highest BCUT2D eigenvalue weighted by atomic mass is 19.1. The average molecular weight is 384 g/mol. The highest BCUT2D eigenvalue weighted by molar-refractivity contribution is 5.88. The molecular weight excluding hydrogens is 355 g/mol. The zero-order valence-electron chi connectivity index (χ0n) is 16.9. The van der Waals surface area contributed by atoms with Crippen LogP contribution in [0.3, 0.4) is 0 Å². The number of carbonyl (C=O) groups is 2. The zero-order valence-corrected chi connectivity index (χ0v) is 16.9. The van der Waals surface area contributed by atoms with Crippen LogP contribution in [0.15, 0.2) is 48.5 Å². The Balaban J connectivity index is 2.27. The smallest absolute Gasteiger partial charge is 0.242 e. The number of nitrogens with zero attached hydrogens (tertiary/aromatic N) is 1. The molecule has 1 atom stereocenters. The van der Waals surface area contributed by atoms with E-state index in [9.17, 15) is 14.0 Å². The molecule has 0 aromatic heterocycles. The predicted molar refractivity (Wildman–Crippen MR) is 109 cm³/mol. The lowest BCUT2D eigenvalue weighted by Crippen LogP contribution is -2.49. The van der Waals surface area contributed by atoms with Crippen LogP contribution in [0.1, 0.15) is 43.4 Å². The molecule has 0 heterocycles. The van der Waals surface area contributed by atoms with Crippen LogP contribution in [-0.4, -0.2) is 29.3 Å². The van der Waals surface area contributed by atoms with Crippen molar-refractivity contribution >= 4 is 11.8 Å². The highest BCUT2D eigenvalue weighted by Crippen LogP contribution is 2.16. The summed E-state index contributed by atoms with van der Waals surface area (Å²) in [6, 6.07) is 13.2. The summed E-state index contributed by atoms with van der Waals surface area (Å²) in [5.41, 5.74) is 2.78. The molecule has 5 heteroatoms. The van der Waals surface area contributed by atoms with Gasteiger partial charge in [0.15, 0.2) is 0 Å². The quantitative estimate of drug-likeness (QED) is 0.710. The highest BCUT2D eigenvalue weighted by Gasteiger charge is 2.28. The third-order valence-corrected chi connectivity index (χ3v) is 4.80. The number of nitrogens with one attached hydrogen (secondary N) is 1. The SMILES string of the molecule is CCCNC(=O)[C@H](CC)N(Cc1ccc(F)cc1)C(=O)Cc1ccccc1C. The Morgan fingerprint density at radius 3 is 2.36 bits per heavy atom. The van der Waals surface area contributed by atoms with Crippen molar-refractivity contribution in [1.82, 2.24) is 10.2 Å². The number of aryl methyl sites for hydroxylation is 1. The summed E-state index contributed by atoms with van der Waals surface area (Å²) in [4.78, 5) is 27.5. The molecule has 2 aromatic carbocycles. The first-order valence-electron chi connectivity index (χ1n) is 9.82. The second-order valence-electron chi connectivity index (χ2n) is 6.97. The third kappa shape index (κ3) is 5.91. The van der Waals surface area contributed by atoms with Gasteiger partial charge in [0.1, 0.15) is 11.9 Å². The van der Waals surface area contributed by atoms with Crippen LogP contribution < -0.4 is 5.32 Å². The molecule has 2 aromatic rings.